The van der Waals surface area contributed by atoms with Crippen LogP contribution < -0.4 is 55.7 Å². The lowest BCUT2D eigenvalue weighted by Crippen LogP contribution is -2.51. The van der Waals surface area contributed by atoms with Crippen LogP contribution in [-0.2, 0) is 65.1 Å². The molecule has 31 heteroatoms. The Morgan fingerprint density at radius 1 is 0.670 bits per heavy atom. The number of imidazole rings is 1. The number of amides is 4. The number of phenolic OH excluding ortho intramolecular Hbond substituents is 1. The minimum Gasteiger partial charge on any atom is -0.508 e. The van der Waals surface area contributed by atoms with E-state index in [4.69, 9.17) is 44.2 Å². The Hall–Kier alpha value is -6.66. The molecule has 0 saturated heterocycles. The van der Waals surface area contributed by atoms with E-state index in [1.165, 1.54) is 55.5 Å². The summed E-state index contributed by atoms with van der Waals surface area (Å²) in [5.41, 5.74) is 34.8. The van der Waals surface area contributed by atoms with Gasteiger partial charge in [-0.05, 0) is 119 Å². The molecule has 0 aliphatic heterocycles. The molecule has 0 bridgehead atoms. The number of ketones is 5. The highest BCUT2D eigenvalue weighted by molar-refractivity contribution is 7.98. The van der Waals surface area contributed by atoms with Crippen molar-refractivity contribution >= 4 is 84.0 Å². The minimum atomic E-state index is -4.88. The second-order valence-corrected chi connectivity index (χ2v) is 25.8. The third-order valence-electron chi connectivity index (χ3n) is 15.7. The highest BCUT2D eigenvalue weighted by atomic mass is 32.2. The lowest BCUT2D eigenvalue weighted by atomic mass is 9.80. The summed E-state index contributed by atoms with van der Waals surface area (Å²) in [6, 6.07) is 0.345. The number of unbranched alkanes of at least 4 members (excludes halogenated alkanes) is 1. The first-order valence-corrected chi connectivity index (χ1v) is 33.8. The van der Waals surface area contributed by atoms with Crippen LogP contribution in [0.3, 0.4) is 0 Å². The number of hydrogen-bond acceptors (Lipinski definition) is 19. The zero-order valence-electron chi connectivity index (χ0n) is 53.4. The van der Waals surface area contributed by atoms with Crippen LogP contribution in [0.5, 0.6) is 5.75 Å². The average molecular weight is 1320 g/mol. The molecular weight excluding hydrogens is 1220 g/mol. The summed E-state index contributed by atoms with van der Waals surface area (Å²) in [7, 11) is -4.88. The van der Waals surface area contributed by atoms with Gasteiger partial charge in [-0.25, -0.2) is 9.55 Å². The Bertz CT molecular complexity index is 2730. The largest absolute Gasteiger partial charge is 0.508 e. The number of aromatic hydroxyl groups is 1. The molecule has 1 aromatic heterocycles. The van der Waals surface area contributed by atoms with Gasteiger partial charge in [-0.3, -0.25) is 57.7 Å². The van der Waals surface area contributed by atoms with Crippen molar-refractivity contribution in [3.8, 4) is 5.75 Å². The summed E-state index contributed by atoms with van der Waals surface area (Å²) < 4.78 is 15.8. The number of carbonyl (C=O) groups is 9. The third-order valence-corrected chi connectivity index (χ3v) is 16.8. The van der Waals surface area contributed by atoms with Gasteiger partial charge in [0.25, 0.3) is 0 Å². The summed E-state index contributed by atoms with van der Waals surface area (Å²) in [6.45, 7) is 7.71. The number of rotatable bonds is 49. The van der Waals surface area contributed by atoms with Crippen LogP contribution in [0.2, 0.25) is 0 Å². The van der Waals surface area contributed by atoms with E-state index < -0.39 is 152 Å². The number of aliphatic hydroxyl groups is 1. The van der Waals surface area contributed by atoms with E-state index >= 15 is 0 Å². The number of nitrogens with two attached hydrogens (primary N) is 6. The lowest BCUT2D eigenvalue weighted by molar-refractivity contribution is -0.137. The van der Waals surface area contributed by atoms with Gasteiger partial charge in [-0.1, -0.05) is 46.2 Å². The van der Waals surface area contributed by atoms with Crippen LogP contribution in [0.1, 0.15) is 136 Å². The van der Waals surface area contributed by atoms with Gasteiger partial charge in [-0.2, -0.15) is 11.8 Å². The topological polar surface area (TPSA) is 518 Å². The first-order valence-electron chi connectivity index (χ1n) is 30.9. The van der Waals surface area contributed by atoms with Gasteiger partial charge in [0.1, 0.15) is 17.3 Å². The molecule has 0 saturated carbocycles. The number of aliphatic imine (C=N–C) groups is 2. The highest BCUT2D eigenvalue weighted by Gasteiger charge is 2.38. The number of benzene rings is 1. The van der Waals surface area contributed by atoms with Crippen LogP contribution in [-0.4, -0.2) is 169 Å². The number of nitrogens with zero attached hydrogens (tertiary/aromatic N) is 3. The SMILES string of the molecule is CCC(C)[C@H](NC(=O)[C@@H](N)CCCN=C(N)N)C(=O)C[C@@H](Cc1cnc[nH]1)C(=O)C[C@@H](CCSC)C(=O)CC(C(=O)N[C@@H](Cc1ccc(O)cc1)C(=O)C[C@@H](CO)C(=O)N[C@@H](CCCCN)C(=O)C[C@@H](CCCN=C(N)N)C(=O)N[C@H](C)COP(=O)(O)O)C(C)C. The number of phosphoric ester groups is 1. The number of guanidine groups is 2. The zero-order chi connectivity index (χ0) is 68.4. The molecule has 21 N–H and O–H groups in total. The van der Waals surface area contributed by atoms with E-state index in [9.17, 15) is 57.9 Å². The minimum absolute atomic E-state index is 0.0523. The van der Waals surface area contributed by atoms with Gasteiger partial charge in [-0.15, -0.1) is 0 Å². The molecule has 2 unspecified atom stereocenters. The molecule has 512 valence electrons. The first kappa shape index (κ1) is 80.4. The third kappa shape index (κ3) is 32.0. The van der Waals surface area contributed by atoms with Crippen LogP contribution in [0, 0.1) is 41.4 Å². The molecule has 0 aliphatic carbocycles. The Kier molecular flexibility index (Phi) is 37.5. The Labute approximate surface area is 537 Å². The maximum Gasteiger partial charge on any atom is 0.469 e. The number of H-pyrrole nitrogens is 1. The van der Waals surface area contributed by atoms with Gasteiger partial charge in [0.2, 0.25) is 23.6 Å². The Morgan fingerprint density at radius 3 is 1.80 bits per heavy atom. The molecule has 0 fully saturated rings. The molecule has 0 spiro atoms. The van der Waals surface area contributed by atoms with Crippen molar-refractivity contribution in [2.45, 2.75) is 168 Å². The van der Waals surface area contributed by atoms with Crippen LogP contribution in [0.15, 0.2) is 46.8 Å². The number of carbonyl (C=O) groups excluding carboxylic acids is 9. The van der Waals surface area contributed by atoms with Crippen LogP contribution in [0.25, 0.3) is 0 Å². The monoisotopic (exact) mass is 1320 g/mol. The number of thioether (sulfide) groups is 1. The highest BCUT2D eigenvalue weighted by Crippen LogP contribution is 2.36. The number of phenols is 1. The number of aliphatic hydroxyl groups excluding tert-OH is 1. The quantitative estimate of drug-likeness (QED) is 0.0189. The van der Waals surface area contributed by atoms with Crippen molar-refractivity contribution in [1.82, 2.24) is 31.2 Å². The van der Waals surface area contributed by atoms with Gasteiger partial charge < -0.3 is 80.7 Å². The maximum absolute atomic E-state index is 14.6. The molecule has 1 aromatic carbocycles. The van der Waals surface area contributed by atoms with Gasteiger partial charge in [0, 0.05) is 86.8 Å². The van der Waals surface area contributed by atoms with Crippen molar-refractivity contribution in [2.75, 3.05) is 44.9 Å². The summed E-state index contributed by atoms with van der Waals surface area (Å²) >= 11 is 1.45. The summed E-state index contributed by atoms with van der Waals surface area (Å²) in [5.74, 6) is -11.5. The van der Waals surface area contributed by atoms with E-state index in [0.717, 1.165) is 0 Å². The van der Waals surface area contributed by atoms with Crippen LogP contribution >= 0.6 is 19.6 Å². The number of aromatic amines is 1. The molecule has 0 aliphatic rings. The van der Waals surface area contributed by atoms with Crippen molar-refractivity contribution in [3.05, 3.63) is 48.0 Å². The molecule has 91 heavy (non-hydrogen) atoms. The fraction of sp³-hybridized carbons (Fsp3) is 0.667. The molecular formula is C60H101N14O15PS. The second kappa shape index (κ2) is 42.5. The Balaban J connectivity index is 2.46. The zero-order valence-corrected chi connectivity index (χ0v) is 55.1. The van der Waals surface area contributed by atoms with Crippen molar-refractivity contribution in [2.24, 2.45) is 85.8 Å². The van der Waals surface area contributed by atoms with E-state index in [1.807, 2.05) is 13.2 Å². The smallest absolute Gasteiger partial charge is 0.469 e. The van der Waals surface area contributed by atoms with Crippen molar-refractivity contribution in [3.63, 3.8) is 0 Å². The molecule has 11 atom stereocenters. The van der Waals surface area contributed by atoms with Crippen LogP contribution in [0.4, 0.5) is 0 Å². The van der Waals surface area contributed by atoms with E-state index in [0.29, 0.717) is 42.7 Å². The second-order valence-electron chi connectivity index (χ2n) is 23.6. The lowest BCUT2D eigenvalue weighted by Gasteiger charge is -2.28. The van der Waals surface area contributed by atoms with Gasteiger partial charge in [0.05, 0.1) is 49.6 Å². The molecule has 2 rings (SSSR count). The fourth-order valence-corrected chi connectivity index (χ4v) is 11.0. The molecule has 29 nitrogen and oxygen atoms in total. The predicted molar refractivity (Wildman–Crippen MR) is 346 cm³/mol. The molecule has 4 amide bonds. The average Bonchev–Trinajstić information content (AvgIpc) is 4.17. The normalized spacial score (nSPS) is 15.2. The van der Waals surface area contributed by atoms with Gasteiger partial charge in [0.15, 0.2) is 29.3 Å². The maximum atomic E-state index is 14.6. The number of nitrogens with one attached hydrogen (secondary N) is 5. The number of aromatic nitrogens is 2. The summed E-state index contributed by atoms with van der Waals surface area (Å²) in [4.78, 5) is 161. The Morgan fingerprint density at radius 2 is 1.24 bits per heavy atom. The van der Waals surface area contributed by atoms with Crippen molar-refractivity contribution in [1.29, 1.82) is 0 Å². The molecule has 2 aromatic rings. The number of hydrogen-bond donors (Lipinski definition) is 15. The standard InChI is InChI=1S/C60H101N14O15PS/c1-7-36(4)54(74-58(85)46(62)13-11-22-69-60(65)66)53(81)28-41(25-43-31-67-34-70-43)49(77)26-39(19-23-91-6)50(78)30-45(35(2)3)57(84)73-48(24-38-15-17-44(76)18-16-38)52(80)29-42(32-75)56(83)72-47(14-8-9-20-61)51(79)27-40(12-10-21-68-59(63)64)55(82)71-37(5)33-89-90(86,87)88/h15-18,31,34-37,39-42,45-48,54,75-76H,7-14,19-30,32-33,61-62H2,1-6H3,(H,67,70)(H,71,82)(H,72,83)(H,73,84)(H,74,85)(H4,63,64,68)(H4,65,66,69)(H2,86,87,88)/t36?,37-,39-,40-,41-,42+,45?,46+,47+,48+,54+/m1/s1. The first-order chi connectivity index (χ1) is 42.9. The number of Topliss-reactive ketones (excluding diaryl/α,β-unsaturated/α-hetero) is 5. The molecule has 0 radical (unpaired) electrons. The predicted octanol–water partition coefficient (Wildman–Crippen LogP) is 0.857. The van der Waals surface area contributed by atoms with Crippen molar-refractivity contribution < 1.29 is 72.2 Å². The van der Waals surface area contributed by atoms with E-state index in [-0.39, 0.29) is 107 Å². The fourth-order valence-electron chi connectivity index (χ4n) is 10.1. The molecule has 1 heterocycles. The van der Waals surface area contributed by atoms with E-state index in [2.05, 4.69) is 45.7 Å². The number of phosphoric acid groups is 1. The van der Waals surface area contributed by atoms with Gasteiger partial charge >= 0.3 is 7.82 Å². The van der Waals surface area contributed by atoms with E-state index in [1.54, 1.807) is 20.8 Å². The summed E-state index contributed by atoms with van der Waals surface area (Å²) in [6.07, 6.45) is 5.27. The summed E-state index contributed by atoms with van der Waals surface area (Å²) in [5, 5.41) is 31.7.